The number of rotatable bonds is 6. The van der Waals surface area contributed by atoms with E-state index in [1.165, 1.54) is 18.2 Å². The molecule has 1 amide bonds. The molecule has 0 bridgehead atoms. The van der Waals surface area contributed by atoms with Crippen molar-refractivity contribution in [2.45, 2.75) is 24.3 Å². The van der Waals surface area contributed by atoms with Crippen molar-refractivity contribution in [3.05, 3.63) is 18.2 Å². The van der Waals surface area contributed by atoms with E-state index in [9.17, 15) is 13.2 Å². The average molecular weight is 314 g/mol. The number of amides is 1. The summed E-state index contributed by atoms with van der Waals surface area (Å²) in [6.45, 7) is 2.38. The highest BCUT2D eigenvalue weighted by Crippen LogP contribution is 2.31. The molecule has 1 aliphatic heterocycles. The van der Waals surface area contributed by atoms with E-state index in [2.05, 4.69) is 10.0 Å². The number of hydrogen-bond acceptors (Lipinski definition) is 5. The standard InChI is InChI=1S/C13H18N2O5S/c1-9-13(16)15-11-5-4-10(8-12(11)20-9)21(17,18)14-6-3-7-19-2/h4-5,8-9,14H,3,6-7H2,1-2H3,(H,15,16)/t9-/m1/s1. The average Bonchev–Trinajstić information content (AvgIpc) is 2.44. The third-order valence-corrected chi connectivity index (χ3v) is 4.47. The van der Waals surface area contributed by atoms with Crippen molar-refractivity contribution < 1.29 is 22.7 Å². The number of anilines is 1. The number of hydrogen-bond donors (Lipinski definition) is 2. The first-order valence-electron chi connectivity index (χ1n) is 6.54. The third-order valence-electron chi connectivity index (χ3n) is 3.01. The van der Waals surface area contributed by atoms with Gasteiger partial charge in [0.25, 0.3) is 5.91 Å². The number of sulfonamides is 1. The number of carbonyl (C=O) groups excluding carboxylic acids is 1. The number of carbonyl (C=O) groups is 1. The van der Waals surface area contributed by atoms with Crippen LogP contribution in [0.2, 0.25) is 0 Å². The molecule has 0 radical (unpaired) electrons. The van der Waals surface area contributed by atoms with Crippen molar-refractivity contribution in [3.8, 4) is 5.75 Å². The van der Waals surface area contributed by atoms with Crippen LogP contribution in [0.5, 0.6) is 5.75 Å². The highest BCUT2D eigenvalue weighted by Gasteiger charge is 2.25. The summed E-state index contributed by atoms with van der Waals surface area (Å²) in [5.41, 5.74) is 0.469. The van der Waals surface area contributed by atoms with Crippen LogP contribution in [0.1, 0.15) is 13.3 Å². The Morgan fingerprint density at radius 3 is 2.90 bits per heavy atom. The first-order valence-corrected chi connectivity index (χ1v) is 8.02. The minimum atomic E-state index is -3.60. The van der Waals surface area contributed by atoms with Gasteiger partial charge >= 0.3 is 0 Å². The van der Waals surface area contributed by atoms with Crippen molar-refractivity contribution in [3.63, 3.8) is 0 Å². The van der Waals surface area contributed by atoms with Gasteiger partial charge in [-0.05, 0) is 25.5 Å². The molecule has 8 heteroatoms. The lowest BCUT2D eigenvalue weighted by atomic mass is 10.2. The number of methoxy groups -OCH3 is 1. The first-order chi connectivity index (χ1) is 9.94. The minimum Gasteiger partial charge on any atom is -0.479 e. The molecule has 0 saturated carbocycles. The Bertz CT molecular complexity index is 629. The SMILES string of the molecule is COCCCNS(=O)(=O)c1ccc2c(c1)O[C@H](C)C(=O)N2. The van der Waals surface area contributed by atoms with Crippen LogP contribution < -0.4 is 14.8 Å². The van der Waals surface area contributed by atoms with E-state index < -0.39 is 16.1 Å². The molecular formula is C13H18N2O5S. The molecule has 0 aliphatic carbocycles. The summed E-state index contributed by atoms with van der Waals surface area (Å²) in [5.74, 6) is 0.0951. The van der Waals surface area contributed by atoms with Crippen molar-refractivity contribution in [1.29, 1.82) is 0 Å². The van der Waals surface area contributed by atoms with E-state index in [0.29, 0.717) is 31.0 Å². The van der Waals surface area contributed by atoms with Crippen LogP contribution in [-0.2, 0) is 19.6 Å². The van der Waals surface area contributed by atoms with E-state index in [0.717, 1.165) is 0 Å². The summed E-state index contributed by atoms with van der Waals surface area (Å²) in [7, 11) is -2.04. The summed E-state index contributed by atoms with van der Waals surface area (Å²) in [6, 6.07) is 4.35. The Labute approximate surface area is 123 Å². The molecule has 0 unspecified atom stereocenters. The fourth-order valence-electron chi connectivity index (χ4n) is 1.86. The maximum Gasteiger partial charge on any atom is 0.265 e. The van der Waals surface area contributed by atoms with E-state index in [-0.39, 0.29) is 10.8 Å². The molecule has 116 valence electrons. The van der Waals surface area contributed by atoms with Crippen LogP contribution in [0.4, 0.5) is 5.69 Å². The van der Waals surface area contributed by atoms with Gasteiger partial charge in [0.15, 0.2) is 6.10 Å². The Morgan fingerprint density at radius 1 is 1.43 bits per heavy atom. The Kier molecular flexibility index (Phi) is 4.81. The number of fused-ring (bicyclic) bond motifs is 1. The van der Waals surface area contributed by atoms with Crippen LogP contribution in [0.25, 0.3) is 0 Å². The lowest BCUT2D eigenvalue weighted by molar-refractivity contribution is -0.122. The zero-order chi connectivity index (χ0) is 15.5. The van der Waals surface area contributed by atoms with Gasteiger partial charge in [0, 0.05) is 26.3 Å². The smallest absolute Gasteiger partial charge is 0.265 e. The van der Waals surface area contributed by atoms with E-state index in [4.69, 9.17) is 9.47 Å². The lowest BCUT2D eigenvalue weighted by Gasteiger charge is -2.23. The normalized spacial score (nSPS) is 17.8. The van der Waals surface area contributed by atoms with E-state index >= 15 is 0 Å². The molecule has 0 saturated heterocycles. The van der Waals surface area contributed by atoms with Crippen LogP contribution in [-0.4, -0.2) is 40.7 Å². The maximum absolute atomic E-state index is 12.1. The largest absolute Gasteiger partial charge is 0.479 e. The summed E-state index contributed by atoms with van der Waals surface area (Å²) in [4.78, 5) is 11.6. The fraction of sp³-hybridized carbons (Fsp3) is 0.462. The molecule has 1 aromatic rings. The number of benzene rings is 1. The highest BCUT2D eigenvalue weighted by molar-refractivity contribution is 7.89. The van der Waals surface area contributed by atoms with Crippen LogP contribution in [0.3, 0.4) is 0 Å². The number of ether oxygens (including phenoxy) is 2. The quantitative estimate of drug-likeness (QED) is 0.755. The molecular weight excluding hydrogens is 296 g/mol. The van der Waals surface area contributed by atoms with Gasteiger partial charge in [-0.3, -0.25) is 4.79 Å². The van der Waals surface area contributed by atoms with Gasteiger partial charge < -0.3 is 14.8 Å². The molecule has 1 heterocycles. The Hall–Kier alpha value is -1.64. The fourth-order valence-corrected chi connectivity index (χ4v) is 2.94. The predicted molar refractivity (Wildman–Crippen MR) is 76.8 cm³/mol. The lowest BCUT2D eigenvalue weighted by Crippen LogP contribution is -2.34. The van der Waals surface area contributed by atoms with Crippen molar-refractivity contribution in [1.82, 2.24) is 4.72 Å². The molecule has 2 N–H and O–H groups in total. The third kappa shape index (κ3) is 3.72. The van der Waals surface area contributed by atoms with Gasteiger partial charge in [-0.25, -0.2) is 13.1 Å². The molecule has 2 rings (SSSR count). The van der Waals surface area contributed by atoms with Gasteiger partial charge in [-0.1, -0.05) is 0 Å². The topological polar surface area (TPSA) is 93.7 Å². The highest BCUT2D eigenvalue weighted by atomic mass is 32.2. The van der Waals surface area contributed by atoms with E-state index in [1.54, 1.807) is 14.0 Å². The van der Waals surface area contributed by atoms with Crippen LogP contribution in [0, 0.1) is 0 Å². The Balaban J connectivity index is 2.14. The van der Waals surface area contributed by atoms with Crippen LogP contribution >= 0.6 is 0 Å². The molecule has 0 spiro atoms. The monoisotopic (exact) mass is 314 g/mol. The van der Waals surface area contributed by atoms with Gasteiger partial charge in [0.05, 0.1) is 10.6 Å². The molecule has 0 fully saturated rings. The Morgan fingerprint density at radius 2 is 2.19 bits per heavy atom. The zero-order valence-corrected chi connectivity index (χ0v) is 12.7. The van der Waals surface area contributed by atoms with Crippen molar-refractivity contribution in [2.75, 3.05) is 25.6 Å². The van der Waals surface area contributed by atoms with E-state index in [1.807, 2.05) is 0 Å². The van der Waals surface area contributed by atoms with Crippen molar-refractivity contribution >= 4 is 21.6 Å². The summed E-state index contributed by atoms with van der Waals surface area (Å²) < 4.78 is 37.0. The summed E-state index contributed by atoms with van der Waals surface area (Å²) in [5, 5.41) is 2.65. The summed E-state index contributed by atoms with van der Waals surface area (Å²) in [6.07, 6.45) is -0.0605. The second kappa shape index (κ2) is 6.42. The van der Waals surface area contributed by atoms with Gasteiger partial charge in [-0.2, -0.15) is 0 Å². The van der Waals surface area contributed by atoms with Gasteiger partial charge in [0.2, 0.25) is 10.0 Å². The molecule has 0 aromatic heterocycles. The van der Waals surface area contributed by atoms with Crippen molar-refractivity contribution in [2.24, 2.45) is 0 Å². The second-order valence-corrected chi connectivity index (χ2v) is 6.42. The second-order valence-electron chi connectivity index (χ2n) is 4.65. The van der Waals surface area contributed by atoms with Crippen LogP contribution in [0.15, 0.2) is 23.1 Å². The molecule has 21 heavy (non-hydrogen) atoms. The molecule has 7 nitrogen and oxygen atoms in total. The first kappa shape index (κ1) is 15.7. The summed E-state index contributed by atoms with van der Waals surface area (Å²) >= 11 is 0. The van der Waals surface area contributed by atoms with Gasteiger partial charge in [0.1, 0.15) is 5.75 Å². The molecule has 1 aliphatic rings. The number of nitrogens with one attached hydrogen (secondary N) is 2. The van der Waals surface area contributed by atoms with Gasteiger partial charge in [-0.15, -0.1) is 0 Å². The predicted octanol–water partition coefficient (Wildman–Crippen LogP) is 0.721. The molecule has 1 aromatic carbocycles. The zero-order valence-electron chi connectivity index (χ0n) is 11.9. The molecule has 1 atom stereocenters. The maximum atomic E-state index is 12.1. The minimum absolute atomic E-state index is 0.0991.